The number of aryl methyl sites for hydroxylation is 4. The second-order valence-electron chi connectivity index (χ2n) is 12.6. The summed E-state index contributed by atoms with van der Waals surface area (Å²) >= 11 is 0. The quantitative estimate of drug-likeness (QED) is 0.192. The number of nitrogens with zero attached hydrogens (tertiary/aromatic N) is 5. The highest BCUT2D eigenvalue weighted by Gasteiger charge is 2.20. The molecule has 6 heteroatoms. The van der Waals surface area contributed by atoms with Gasteiger partial charge in [0.05, 0.1) is 33.4 Å². The average molecular weight is 624 g/mol. The first-order chi connectivity index (χ1) is 23.5. The molecule has 0 bridgehead atoms. The smallest absolute Gasteiger partial charge is 0.139 e. The molecule has 0 aliphatic heterocycles. The molecule has 0 amide bonds. The summed E-state index contributed by atoms with van der Waals surface area (Å²) in [6.07, 6.45) is 5.63. The van der Waals surface area contributed by atoms with Crippen LogP contribution in [0.1, 0.15) is 22.3 Å². The van der Waals surface area contributed by atoms with Crippen LogP contribution in [0, 0.1) is 27.7 Å². The Morgan fingerprint density at radius 2 is 1.23 bits per heavy atom. The van der Waals surface area contributed by atoms with Gasteiger partial charge in [0.2, 0.25) is 0 Å². The van der Waals surface area contributed by atoms with Gasteiger partial charge >= 0.3 is 0 Å². The summed E-state index contributed by atoms with van der Waals surface area (Å²) in [6, 6.07) is 38.1. The van der Waals surface area contributed by atoms with Crippen molar-refractivity contribution in [1.82, 2.24) is 23.9 Å². The molecule has 4 heterocycles. The molecule has 0 fully saturated rings. The van der Waals surface area contributed by atoms with E-state index in [2.05, 4.69) is 115 Å². The molecule has 0 aliphatic rings. The van der Waals surface area contributed by atoms with Crippen LogP contribution >= 0.6 is 0 Å². The summed E-state index contributed by atoms with van der Waals surface area (Å²) in [5.41, 5.74) is 11.8. The van der Waals surface area contributed by atoms with Crippen LogP contribution in [0.5, 0.6) is 11.5 Å². The second-order valence-corrected chi connectivity index (χ2v) is 12.6. The van der Waals surface area contributed by atoms with Crippen LogP contribution in [0.15, 0.2) is 128 Å². The van der Waals surface area contributed by atoms with E-state index >= 15 is 0 Å². The van der Waals surface area contributed by atoms with Gasteiger partial charge in [-0.2, -0.15) is 5.10 Å². The van der Waals surface area contributed by atoms with Crippen molar-refractivity contribution < 1.29 is 4.74 Å². The largest absolute Gasteiger partial charge is 0.457 e. The molecule has 48 heavy (non-hydrogen) atoms. The van der Waals surface area contributed by atoms with Crippen molar-refractivity contribution in [3.8, 4) is 28.7 Å². The molecule has 0 aliphatic carbocycles. The highest BCUT2D eigenvalue weighted by molar-refractivity contribution is 6.12. The van der Waals surface area contributed by atoms with Crippen molar-refractivity contribution in [3.63, 3.8) is 0 Å². The molecule has 6 nitrogen and oxygen atoms in total. The van der Waals surface area contributed by atoms with E-state index in [1.165, 1.54) is 49.4 Å². The van der Waals surface area contributed by atoms with Crippen LogP contribution in [0.3, 0.4) is 0 Å². The van der Waals surface area contributed by atoms with Crippen LogP contribution in [0.25, 0.3) is 60.8 Å². The van der Waals surface area contributed by atoms with E-state index in [0.29, 0.717) is 0 Å². The highest BCUT2D eigenvalue weighted by atomic mass is 16.5. The topological polar surface area (TPSA) is 49.8 Å². The highest BCUT2D eigenvalue weighted by Crippen LogP contribution is 2.39. The van der Waals surface area contributed by atoms with E-state index in [9.17, 15) is 0 Å². The zero-order chi connectivity index (χ0) is 32.5. The molecule has 232 valence electrons. The molecular formula is C42H33N5O. The Morgan fingerprint density at radius 3 is 1.98 bits per heavy atom. The summed E-state index contributed by atoms with van der Waals surface area (Å²) < 4.78 is 13.0. The maximum Gasteiger partial charge on any atom is 0.139 e. The summed E-state index contributed by atoms with van der Waals surface area (Å²) in [5.74, 6) is 2.34. The number of pyridine rings is 1. The minimum atomic E-state index is 0.743. The lowest BCUT2D eigenvalue weighted by atomic mass is 10.0. The third-order valence-corrected chi connectivity index (χ3v) is 9.82. The summed E-state index contributed by atoms with van der Waals surface area (Å²) in [5, 5.41) is 9.22. The summed E-state index contributed by atoms with van der Waals surface area (Å²) in [6.45, 7) is 8.85. The average Bonchev–Trinajstić information content (AvgIpc) is 3.84. The summed E-state index contributed by atoms with van der Waals surface area (Å²) in [4.78, 5) is 4.98. The molecule has 9 aromatic rings. The number of para-hydroxylation sites is 1. The Labute approximate surface area is 278 Å². The van der Waals surface area contributed by atoms with Crippen molar-refractivity contribution in [3.05, 3.63) is 150 Å². The van der Waals surface area contributed by atoms with Crippen LogP contribution in [0.2, 0.25) is 0 Å². The van der Waals surface area contributed by atoms with E-state index in [1.54, 1.807) is 6.20 Å². The van der Waals surface area contributed by atoms with Crippen LogP contribution in [-0.4, -0.2) is 23.9 Å². The van der Waals surface area contributed by atoms with Gasteiger partial charge in [-0.3, -0.25) is 4.57 Å². The number of hydrogen-bond acceptors (Lipinski definition) is 3. The first-order valence-electron chi connectivity index (χ1n) is 16.2. The third kappa shape index (κ3) is 4.26. The SMILES string of the molecule is Cc1ccc2c3ccc(C)c(C)c3n(-c3ccnc(-n4c5ccccc5c5ccc(Oc6cccc(-n7cccn7)c6)cc54)c3)c2c1C. The van der Waals surface area contributed by atoms with Gasteiger partial charge in [-0.05, 0) is 92.4 Å². The number of hydrogen-bond donors (Lipinski definition) is 0. The number of ether oxygens (including phenoxy) is 1. The predicted octanol–water partition coefficient (Wildman–Crippen LogP) is 10.5. The van der Waals surface area contributed by atoms with E-state index in [-0.39, 0.29) is 0 Å². The molecule has 4 aromatic heterocycles. The number of rotatable bonds is 5. The lowest BCUT2D eigenvalue weighted by Crippen LogP contribution is -2.02. The Balaban J connectivity index is 1.24. The first-order valence-corrected chi connectivity index (χ1v) is 16.2. The summed E-state index contributed by atoms with van der Waals surface area (Å²) in [7, 11) is 0. The number of benzene rings is 5. The van der Waals surface area contributed by atoms with Gasteiger partial charge in [0.25, 0.3) is 0 Å². The maximum absolute atomic E-state index is 6.46. The van der Waals surface area contributed by atoms with Gasteiger partial charge < -0.3 is 9.30 Å². The Morgan fingerprint density at radius 1 is 0.521 bits per heavy atom. The molecule has 0 unspecified atom stereocenters. The monoisotopic (exact) mass is 623 g/mol. The predicted molar refractivity (Wildman–Crippen MR) is 196 cm³/mol. The van der Waals surface area contributed by atoms with E-state index in [4.69, 9.17) is 9.72 Å². The number of aromatic nitrogens is 5. The van der Waals surface area contributed by atoms with Crippen molar-refractivity contribution in [2.45, 2.75) is 27.7 Å². The molecular weight excluding hydrogens is 590 g/mol. The van der Waals surface area contributed by atoms with Gasteiger partial charge in [0, 0.05) is 58.3 Å². The molecule has 0 spiro atoms. The van der Waals surface area contributed by atoms with Crippen LogP contribution in [0.4, 0.5) is 0 Å². The van der Waals surface area contributed by atoms with Crippen LogP contribution < -0.4 is 4.74 Å². The lowest BCUT2D eigenvalue weighted by molar-refractivity contribution is 0.483. The molecule has 0 radical (unpaired) electrons. The Hall–Kier alpha value is -6.14. The van der Waals surface area contributed by atoms with Crippen molar-refractivity contribution >= 4 is 43.6 Å². The van der Waals surface area contributed by atoms with E-state index < -0.39 is 0 Å². The fraction of sp³-hybridized carbons (Fsp3) is 0.0952. The fourth-order valence-corrected chi connectivity index (χ4v) is 7.16. The molecule has 0 N–H and O–H groups in total. The second kappa shape index (κ2) is 10.7. The van der Waals surface area contributed by atoms with Gasteiger partial charge in [-0.25, -0.2) is 9.67 Å². The van der Waals surface area contributed by atoms with Gasteiger partial charge in [0.1, 0.15) is 17.3 Å². The zero-order valence-electron chi connectivity index (χ0n) is 27.3. The molecule has 0 saturated carbocycles. The normalized spacial score (nSPS) is 11.8. The lowest BCUT2D eigenvalue weighted by Gasteiger charge is -2.15. The third-order valence-electron chi connectivity index (χ3n) is 9.82. The van der Waals surface area contributed by atoms with E-state index in [0.717, 1.165) is 45.1 Å². The van der Waals surface area contributed by atoms with Gasteiger partial charge in [-0.1, -0.05) is 48.5 Å². The first kappa shape index (κ1) is 28.1. The zero-order valence-corrected chi connectivity index (χ0v) is 27.3. The minimum Gasteiger partial charge on any atom is -0.457 e. The molecule has 5 aromatic carbocycles. The molecule has 0 saturated heterocycles. The number of fused-ring (bicyclic) bond motifs is 6. The van der Waals surface area contributed by atoms with Crippen molar-refractivity contribution in [2.24, 2.45) is 0 Å². The fourth-order valence-electron chi connectivity index (χ4n) is 7.16. The van der Waals surface area contributed by atoms with Gasteiger partial charge in [-0.15, -0.1) is 0 Å². The minimum absolute atomic E-state index is 0.743. The Bertz CT molecular complexity index is 2630. The van der Waals surface area contributed by atoms with Crippen LogP contribution in [-0.2, 0) is 0 Å². The van der Waals surface area contributed by atoms with Crippen molar-refractivity contribution in [2.75, 3.05) is 0 Å². The Kier molecular flexibility index (Phi) is 6.27. The molecule has 9 rings (SSSR count). The molecule has 0 atom stereocenters. The van der Waals surface area contributed by atoms with E-state index in [1.807, 2.05) is 53.5 Å². The maximum atomic E-state index is 6.46. The standard InChI is InChI=1S/C42H33N5O/c1-26-13-16-36-37-17-14-27(2)29(4)42(37)46(41(36)28(26)3)31-19-21-43-40(24-31)47-38-12-6-5-11-34(38)35-18-15-33(25-39(35)47)48-32-10-7-9-30(23-32)45-22-8-20-44-45/h5-25H,1-4H3. The van der Waals surface area contributed by atoms with Crippen molar-refractivity contribution in [1.29, 1.82) is 0 Å². The van der Waals surface area contributed by atoms with Gasteiger partial charge in [0.15, 0.2) is 0 Å².